The smallest absolute Gasteiger partial charge is 0.313 e. The fourth-order valence-corrected chi connectivity index (χ4v) is 1.20. The third-order valence-electron chi connectivity index (χ3n) is 2.02. The summed E-state index contributed by atoms with van der Waals surface area (Å²) in [5.41, 5.74) is 0. The predicted octanol–water partition coefficient (Wildman–Crippen LogP) is 0.314. The molecular formula is C7H9F5N2O. The zero-order valence-electron chi connectivity index (χ0n) is 7.50. The monoisotopic (exact) mass is 232 g/mol. The molecule has 0 amide bonds. The lowest BCUT2D eigenvalue weighted by Crippen LogP contribution is -2.59. The molecule has 88 valence electrons. The highest BCUT2D eigenvalue weighted by molar-refractivity contribution is 5.91. The summed E-state index contributed by atoms with van der Waals surface area (Å²) in [6, 6.07) is -1.49. The molecule has 1 fully saturated rings. The van der Waals surface area contributed by atoms with Crippen molar-refractivity contribution in [2.75, 3.05) is 19.6 Å². The average Bonchev–Trinajstić information content (AvgIpc) is 2.16. The first-order valence-electron chi connectivity index (χ1n) is 4.20. The standard InChI is InChI=1S/C7H9F5N2O/c8-6(9,7(10,11)12)5(15)4-3-13-1-2-14-4/h4,13-14H,1-3H2. The Balaban J connectivity index is 2.74. The second kappa shape index (κ2) is 4.01. The molecule has 1 aliphatic rings. The molecule has 1 atom stereocenters. The number of hydrogen-bond acceptors (Lipinski definition) is 3. The van der Waals surface area contributed by atoms with Gasteiger partial charge in [-0.15, -0.1) is 0 Å². The van der Waals surface area contributed by atoms with Crippen molar-refractivity contribution in [2.24, 2.45) is 0 Å². The van der Waals surface area contributed by atoms with Crippen LogP contribution in [-0.2, 0) is 4.79 Å². The summed E-state index contributed by atoms with van der Waals surface area (Å²) < 4.78 is 60.6. The highest BCUT2D eigenvalue weighted by atomic mass is 19.4. The molecule has 2 N–H and O–H groups in total. The summed E-state index contributed by atoms with van der Waals surface area (Å²) in [7, 11) is 0. The SMILES string of the molecule is O=C(C1CNCCN1)C(F)(F)C(F)(F)F. The van der Waals surface area contributed by atoms with Crippen molar-refractivity contribution >= 4 is 5.78 Å². The molecule has 0 aliphatic carbocycles. The second-order valence-electron chi connectivity index (χ2n) is 3.15. The Morgan fingerprint density at radius 3 is 2.13 bits per heavy atom. The highest BCUT2D eigenvalue weighted by Gasteiger charge is 2.64. The zero-order valence-corrected chi connectivity index (χ0v) is 7.50. The average molecular weight is 232 g/mol. The number of hydrogen-bond donors (Lipinski definition) is 2. The van der Waals surface area contributed by atoms with Crippen molar-refractivity contribution < 1.29 is 26.7 Å². The normalized spacial score (nSPS) is 23.9. The number of nitrogens with one attached hydrogen (secondary N) is 2. The van der Waals surface area contributed by atoms with Crippen molar-refractivity contribution in [1.29, 1.82) is 0 Å². The van der Waals surface area contributed by atoms with Crippen LogP contribution >= 0.6 is 0 Å². The lowest BCUT2D eigenvalue weighted by atomic mass is 10.0. The number of alkyl halides is 5. The molecule has 0 radical (unpaired) electrons. The molecule has 0 aromatic carbocycles. The minimum atomic E-state index is -5.83. The maximum Gasteiger partial charge on any atom is 0.461 e. The summed E-state index contributed by atoms with van der Waals surface area (Å²) in [5.74, 6) is -7.42. The number of Topliss-reactive ketones (excluding diaryl/α,β-unsaturated/α-hetero) is 1. The van der Waals surface area contributed by atoms with Crippen molar-refractivity contribution in [3.63, 3.8) is 0 Å². The molecule has 1 aliphatic heterocycles. The van der Waals surface area contributed by atoms with Crippen LogP contribution in [-0.4, -0.2) is 43.6 Å². The minimum absolute atomic E-state index is 0.185. The Labute approximate surface area is 82.0 Å². The summed E-state index contributed by atoms with van der Waals surface area (Å²) in [4.78, 5) is 10.9. The van der Waals surface area contributed by atoms with Crippen LogP contribution in [0.25, 0.3) is 0 Å². The molecule has 3 nitrogen and oxygen atoms in total. The van der Waals surface area contributed by atoms with Crippen LogP contribution < -0.4 is 10.6 Å². The van der Waals surface area contributed by atoms with E-state index < -0.39 is 23.9 Å². The topological polar surface area (TPSA) is 41.1 Å². The molecule has 15 heavy (non-hydrogen) atoms. The highest BCUT2D eigenvalue weighted by Crippen LogP contribution is 2.36. The van der Waals surface area contributed by atoms with Gasteiger partial charge in [0.05, 0.1) is 6.04 Å². The first kappa shape index (κ1) is 12.3. The van der Waals surface area contributed by atoms with Crippen molar-refractivity contribution in [1.82, 2.24) is 10.6 Å². The summed E-state index contributed by atoms with van der Waals surface area (Å²) in [6.07, 6.45) is -5.83. The molecule has 1 saturated heterocycles. The third kappa shape index (κ3) is 2.43. The Hall–Kier alpha value is -0.760. The molecule has 0 aromatic heterocycles. The molecule has 0 spiro atoms. The van der Waals surface area contributed by atoms with E-state index in [1.165, 1.54) is 0 Å². The largest absolute Gasteiger partial charge is 0.461 e. The van der Waals surface area contributed by atoms with Gasteiger partial charge in [0.15, 0.2) is 0 Å². The van der Waals surface area contributed by atoms with Crippen molar-refractivity contribution in [3.05, 3.63) is 0 Å². The van der Waals surface area contributed by atoms with Gasteiger partial charge in [-0.3, -0.25) is 4.79 Å². The van der Waals surface area contributed by atoms with E-state index in [0.717, 1.165) is 0 Å². The number of rotatable bonds is 2. The lowest BCUT2D eigenvalue weighted by Gasteiger charge is -2.27. The Morgan fingerprint density at radius 1 is 1.13 bits per heavy atom. The van der Waals surface area contributed by atoms with E-state index in [0.29, 0.717) is 6.54 Å². The fourth-order valence-electron chi connectivity index (χ4n) is 1.20. The molecule has 8 heteroatoms. The molecular weight excluding hydrogens is 223 g/mol. The minimum Gasteiger partial charge on any atom is -0.313 e. The summed E-state index contributed by atoms with van der Waals surface area (Å²) >= 11 is 0. The van der Waals surface area contributed by atoms with Gasteiger partial charge in [0, 0.05) is 19.6 Å². The second-order valence-corrected chi connectivity index (χ2v) is 3.15. The van der Waals surface area contributed by atoms with Crippen LogP contribution in [0.3, 0.4) is 0 Å². The van der Waals surface area contributed by atoms with Gasteiger partial charge in [-0.05, 0) is 0 Å². The number of ketones is 1. The number of carbonyl (C=O) groups excluding carboxylic acids is 1. The zero-order chi connectivity index (χ0) is 11.7. The van der Waals surface area contributed by atoms with Crippen LogP contribution in [0.15, 0.2) is 0 Å². The number of carbonyl (C=O) groups is 1. The van der Waals surface area contributed by atoms with E-state index in [1.54, 1.807) is 0 Å². The molecule has 0 aromatic rings. The van der Waals surface area contributed by atoms with E-state index >= 15 is 0 Å². The van der Waals surface area contributed by atoms with Gasteiger partial charge in [-0.1, -0.05) is 0 Å². The van der Waals surface area contributed by atoms with E-state index in [2.05, 4.69) is 10.6 Å². The first-order valence-corrected chi connectivity index (χ1v) is 4.20. The van der Waals surface area contributed by atoms with E-state index in [-0.39, 0.29) is 13.1 Å². The molecule has 1 heterocycles. The molecule has 1 rings (SSSR count). The van der Waals surface area contributed by atoms with Gasteiger partial charge in [0.25, 0.3) is 0 Å². The van der Waals surface area contributed by atoms with Gasteiger partial charge in [0.1, 0.15) is 0 Å². The van der Waals surface area contributed by atoms with E-state index in [1.807, 2.05) is 0 Å². The lowest BCUT2D eigenvalue weighted by molar-refractivity contribution is -0.269. The van der Waals surface area contributed by atoms with Crippen LogP contribution in [0.4, 0.5) is 22.0 Å². The van der Waals surface area contributed by atoms with Gasteiger partial charge in [-0.2, -0.15) is 22.0 Å². The van der Waals surface area contributed by atoms with Crippen LogP contribution in [0, 0.1) is 0 Å². The number of halogens is 5. The quantitative estimate of drug-likeness (QED) is 0.673. The van der Waals surface area contributed by atoms with Gasteiger partial charge < -0.3 is 10.6 Å². The Kier molecular flexibility index (Phi) is 3.29. The maximum atomic E-state index is 12.6. The predicted molar refractivity (Wildman–Crippen MR) is 40.7 cm³/mol. The van der Waals surface area contributed by atoms with Crippen LogP contribution in [0.5, 0.6) is 0 Å². The van der Waals surface area contributed by atoms with E-state index in [4.69, 9.17) is 0 Å². The Bertz CT molecular complexity index is 246. The summed E-state index contributed by atoms with van der Waals surface area (Å²) in [5, 5.41) is 4.86. The molecule has 0 bridgehead atoms. The van der Waals surface area contributed by atoms with Crippen LogP contribution in [0.1, 0.15) is 0 Å². The number of piperazine rings is 1. The Morgan fingerprint density at radius 2 is 1.73 bits per heavy atom. The van der Waals surface area contributed by atoms with Gasteiger partial charge in [0.2, 0.25) is 5.78 Å². The third-order valence-corrected chi connectivity index (χ3v) is 2.02. The van der Waals surface area contributed by atoms with Gasteiger partial charge >= 0.3 is 12.1 Å². The summed E-state index contributed by atoms with van der Waals surface area (Å²) in [6.45, 7) is 0.399. The molecule has 1 unspecified atom stereocenters. The molecule has 0 saturated carbocycles. The van der Waals surface area contributed by atoms with Crippen molar-refractivity contribution in [2.45, 2.75) is 18.1 Å². The van der Waals surface area contributed by atoms with Crippen molar-refractivity contribution in [3.8, 4) is 0 Å². The maximum absolute atomic E-state index is 12.6. The fraction of sp³-hybridized carbons (Fsp3) is 0.857. The first-order chi connectivity index (χ1) is 6.77. The van der Waals surface area contributed by atoms with Crippen LogP contribution in [0.2, 0.25) is 0 Å². The van der Waals surface area contributed by atoms with E-state index in [9.17, 15) is 26.7 Å². The van der Waals surface area contributed by atoms with Gasteiger partial charge in [-0.25, -0.2) is 0 Å².